The van der Waals surface area contributed by atoms with Crippen LogP contribution in [0.3, 0.4) is 0 Å². The highest BCUT2D eigenvalue weighted by molar-refractivity contribution is 6.30. The summed E-state index contributed by atoms with van der Waals surface area (Å²) in [7, 11) is 0. The smallest absolute Gasteiger partial charge is 0.475 e. The minimum absolute atomic E-state index is 0.000464. The second-order valence-corrected chi connectivity index (χ2v) is 13.0. The summed E-state index contributed by atoms with van der Waals surface area (Å²) >= 11 is 6.03. The number of carbonyl (C=O) groups excluding carboxylic acids is 1. The molecule has 0 spiro atoms. The molecule has 0 bridgehead atoms. The molecule has 2 saturated heterocycles. The highest BCUT2D eigenvalue weighted by Gasteiger charge is 2.45. The van der Waals surface area contributed by atoms with Crippen molar-refractivity contribution in [1.29, 1.82) is 0 Å². The molecule has 46 heavy (non-hydrogen) atoms. The Hall–Kier alpha value is -3.58. The summed E-state index contributed by atoms with van der Waals surface area (Å²) in [5.74, 6) is -5.19. The number of likely N-dealkylation sites (tertiary alicyclic amines) is 2. The Kier molecular flexibility index (Phi) is 10.5. The zero-order valence-electron chi connectivity index (χ0n) is 25.7. The van der Waals surface area contributed by atoms with E-state index in [2.05, 4.69) is 30.8 Å². The van der Waals surface area contributed by atoms with Crippen LogP contribution >= 0.6 is 11.6 Å². The molecule has 5 rings (SSSR count). The van der Waals surface area contributed by atoms with Gasteiger partial charge in [-0.15, -0.1) is 0 Å². The molecule has 0 saturated carbocycles. The largest absolute Gasteiger partial charge is 0.490 e. The van der Waals surface area contributed by atoms with Gasteiger partial charge in [0.2, 0.25) is 5.91 Å². The zero-order valence-corrected chi connectivity index (χ0v) is 26.5. The summed E-state index contributed by atoms with van der Waals surface area (Å²) in [6.07, 6.45) is -3.69. The van der Waals surface area contributed by atoms with Crippen LogP contribution in [0, 0.1) is 30.3 Å². The topological polar surface area (TPSA) is 78.7 Å². The van der Waals surface area contributed by atoms with Crippen molar-refractivity contribution in [1.82, 2.24) is 19.6 Å². The number of rotatable bonds is 4. The van der Waals surface area contributed by atoms with Crippen molar-refractivity contribution in [2.24, 2.45) is 5.92 Å². The highest BCUT2D eigenvalue weighted by Crippen LogP contribution is 2.40. The van der Waals surface area contributed by atoms with Gasteiger partial charge < -0.3 is 10.0 Å². The first kappa shape index (κ1) is 35.3. The van der Waals surface area contributed by atoms with Gasteiger partial charge in [-0.3, -0.25) is 9.69 Å². The van der Waals surface area contributed by atoms with E-state index in [1.807, 2.05) is 17.9 Å². The number of nitrogens with zero attached hydrogens (tertiary/aromatic N) is 4. The summed E-state index contributed by atoms with van der Waals surface area (Å²) in [4.78, 5) is 26.8. The molecule has 1 N–H and O–H groups in total. The predicted molar refractivity (Wildman–Crippen MR) is 159 cm³/mol. The normalized spacial score (nSPS) is 19.6. The standard InChI is InChI=1S/C30H34ClF3N4O.C2HF3O2/c1-18-14-27(38(35-18)26-7-5-6-24(31)28(26)34)19-10-12-36(13-11-19)29(39)23-17-37(30(2,3)4)16-22(23)21-9-8-20(32)15-25(21)33;3-2(4,5)1(6)7/h5-9,14-15,19,22-23H,10-13,16-17H2,1-4H3;(H,6,7)/t22-,23+;/m0./s1. The van der Waals surface area contributed by atoms with Crippen LogP contribution in [-0.4, -0.2) is 74.5 Å². The van der Waals surface area contributed by atoms with Crippen molar-refractivity contribution in [3.63, 3.8) is 0 Å². The number of carboxylic acids is 1. The lowest BCUT2D eigenvalue weighted by Gasteiger charge is -2.35. The second-order valence-electron chi connectivity index (χ2n) is 12.6. The minimum atomic E-state index is -5.08. The lowest BCUT2D eigenvalue weighted by Crippen LogP contribution is -2.44. The van der Waals surface area contributed by atoms with Gasteiger partial charge in [0, 0.05) is 55.3 Å². The average molecular weight is 673 g/mol. The number of aromatic nitrogens is 2. The third-order valence-electron chi connectivity index (χ3n) is 8.43. The Morgan fingerprint density at radius 1 is 0.978 bits per heavy atom. The van der Waals surface area contributed by atoms with Crippen molar-refractivity contribution in [2.45, 2.75) is 64.1 Å². The van der Waals surface area contributed by atoms with Gasteiger partial charge in [-0.1, -0.05) is 23.7 Å². The van der Waals surface area contributed by atoms with Gasteiger partial charge >= 0.3 is 12.1 Å². The maximum atomic E-state index is 14.9. The van der Waals surface area contributed by atoms with E-state index in [0.717, 1.165) is 17.5 Å². The van der Waals surface area contributed by atoms with Crippen molar-refractivity contribution in [2.75, 3.05) is 26.2 Å². The number of halogens is 7. The van der Waals surface area contributed by atoms with E-state index in [1.165, 1.54) is 18.2 Å². The molecule has 3 heterocycles. The van der Waals surface area contributed by atoms with Crippen LogP contribution in [-0.2, 0) is 9.59 Å². The van der Waals surface area contributed by atoms with Crippen molar-refractivity contribution >= 4 is 23.5 Å². The van der Waals surface area contributed by atoms with E-state index in [9.17, 15) is 31.1 Å². The molecule has 0 radical (unpaired) electrons. The lowest BCUT2D eigenvalue weighted by molar-refractivity contribution is -0.192. The third kappa shape index (κ3) is 7.86. The van der Waals surface area contributed by atoms with E-state index in [4.69, 9.17) is 21.5 Å². The number of carbonyl (C=O) groups is 2. The summed E-state index contributed by atoms with van der Waals surface area (Å²) in [5.41, 5.74) is 2.18. The van der Waals surface area contributed by atoms with E-state index >= 15 is 0 Å². The summed E-state index contributed by atoms with van der Waals surface area (Å²) in [5, 5.41) is 11.7. The molecular weight excluding hydrogens is 638 g/mol. The molecule has 2 fully saturated rings. The number of benzene rings is 2. The number of alkyl halides is 3. The molecule has 14 heteroatoms. The van der Waals surface area contributed by atoms with Crippen LogP contribution in [0.2, 0.25) is 5.02 Å². The summed E-state index contributed by atoms with van der Waals surface area (Å²) < 4.78 is 76.7. The maximum Gasteiger partial charge on any atom is 0.490 e. The van der Waals surface area contributed by atoms with Gasteiger partial charge in [0.05, 0.1) is 16.6 Å². The van der Waals surface area contributed by atoms with Crippen LogP contribution < -0.4 is 0 Å². The second kappa shape index (κ2) is 13.6. The van der Waals surface area contributed by atoms with Gasteiger partial charge in [-0.2, -0.15) is 18.3 Å². The molecule has 2 aromatic carbocycles. The molecule has 250 valence electrons. The van der Waals surface area contributed by atoms with E-state index in [1.54, 1.807) is 16.8 Å². The molecule has 0 aliphatic carbocycles. The van der Waals surface area contributed by atoms with E-state index in [0.29, 0.717) is 50.3 Å². The highest BCUT2D eigenvalue weighted by atomic mass is 35.5. The molecule has 0 unspecified atom stereocenters. The molecule has 2 aliphatic heterocycles. The minimum Gasteiger partial charge on any atom is -0.475 e. The number of piperidine rings is 1. The van der Waals surface area contributed by atoms with Gasteiger partial charge in [0.25, 0.3) is 0 Å². The number of hydrogen-bond acceptors (Lipinski definition) is 4. The van der Waals surface area contributed by atoms with Crippen LogP contribution in [0.15, 0.2) is 42.5 Å². The number of aliphatic carboxylic acids is 1. The average Bonchev–Trinajstić information content (AvgIpc) is 3.58. The number of amides is 1. The molecule has 7 nitrogen and oxygen atoms in total. The SMILES string of the molecule is Cc1cc(C2CCN(C(=O)[C@@H]3CN(C(C)(C)C)C[C@H]3c3ccc(F)cc3F)CC2)n(-c2cccc(Cl)c2F)n1.O=C(O)C(F)(F)F. The molecule has 1 amide bonds. The Balaban J connectivity index is 0.000000617. The van der Waals surface area contributed by atoms with Gasteiger partial charge in [-0.05, 0) is 70.4 Å². The van der Waals surface area contributed by atoms with Crippen molar-refractivity contribution < 1.29 is 41.0 Å². The fourth-order valence-corrected chi connectivity index (χ4v) is 6.18. The molecule has 3 aromatic rings. The first-order chi connectivity index (χ1) is 21.4. The monoisotopic (exact) mass is 672 g/mol. The Morgan fingerprint density at radius 3 is 2.17 bits per heavy atom. The fraction of sp³-hybridized carbons (Fsp3) is 0.469. The van der Waals surface area contributed by atoms with E-state index in [-0.39, 0.29) is 28.3 Å². The zero-order chi connectivity index (χ0) is 34.1. The van der Waals surface area contributed by atoms with Gasteiger partial charge in [-0.25, -0.2) is 22.6 Å². The Morgan fingerprint density at radius 2 is 1.61 bits per heavy atom. The number of carboxylic acid groups (broad SMARTS) is 1. The maximum absolute atomic E-state index is 14.9. The van der Waals surface area contributed by atoms with Crippen LogP contribution in [0.1, 0.15) is 62.4 Å². The molecule has 2 atom stereocenters. The van der Waals surface area contributed by atoms with Crippen LogP contribution in [0.25, 0.3) is 5.69 Å². The third-order valence-corrected chi connectivity index (χ3v) is 8.73. The first-order valence-electron chi connectivity index (χ1n) is 14.7. The number of hydrogen-bond donors (Lipinski definition) is 1. The molecular formula is C32H35ClF6N4O3. The Labute approximate surface area is 267 Å². The predicted octanol–water partition coefficient (Wildman–Crippen LogP) is 7.10. The van der Waals surface area contributed by atoms with Crippen LogP contribution in [0.4, 0.5) is 26.3 Å². The quantitative estimate of drug-likeness (QED) is 0.299. The van der Waals surface area contributed by atoms with Gasteiger partial charge in [0.15, 0.2) is 5.82 Å². The number of aryl methyl sites for hydroxylation is 1. The van der Waals surface area contributed by atoms with Crippen molar-refractivity contribution in [3.8, 4) is 5.69 Å². The first-order valence-corrected chi connectivity index (χ1v) is 15.1. The summed E-state index contributed by atoms with van der Waals surface area (Å²) in [6, 6.07) is 10.5. The molecule has 1 aromatic heterocycles. The Bertz CT molecular complexity index is 1580. The summed E-state index contributed by atoms with van der Waals surface area (Å²) in [6.45, 7) is 10.2. The fourth-order valence-electron chi connectivity index (χ4n) is 6.01. The van der Waals surface area contributed by atoms with Gasteiger partial charge in [0.1, 0.15) is 17.3 Å². The van der Waals surface area contributed by atoms with Crippen molar-refractivity contribution in [3.05, 3.63) is 81.9 Å². The van der Waals surface area contributed by atoms with E-state index < -0.39 is 35.5 Å². The molecule has 2 aliphatic rings. The lowest BCUT2D eigenvalue weighted by atomic mass is 9.86. The van der Waals surface area contributed by atoms with Crippen LogP contribution in [0.5, 0.6) is 0 Å².